The molecule has 0 amide bonds. The van der Waals surface area contributed by atoms with Crippen LogP contribution in [0, 0.1) is 0 Å². The van der Waals surface area contributed by atoms with Gasteiger partial charge in [0.15, 0.2) is 0 Å². The molecule has 1 heterocycles. The van der Waals surface area contributed by atoms with E-state index in [0.29, 0.717) is 6.04 Å². The standard InChI is InChI=1S/C13H18BrNO/c1-10(8-14)15-9-13-12-5-3-2-4-11(12)6-7-16-13/h2-5,10,13,15H,6-9H2,1H3. The third-order valence-corrected chi connectivity index (χ3v) is 3.95. The summed E-state index contributed by atoms with van der Waals surface area (Å²) in [6, 6.07) is 9.07. The average Bonchev–Trinajstić information content (AvgIpc) is 2.35. The molecule has 0 saturated carbocycles. The van der Waals surface area contributed by atoms with Crippen LogP contribution in [0.15, 0.2) is 24.3 Å². The minimum absolute atomic E-state index is 0.214. The number of halogens is 1. The fourth-order valence-electron chi connectivity index (χ4n) is 2.01. The zero-order valence-electron chi connectivity index (χ0n) is 9.58. The number of hydrogen-bond donors (Lipinski definition) is 1. The van der Waals surface area contributed by atoms with Crippen molar-refractivity contribution in [1.29, 1.82) is 0 Å². The molecule has 1 N–H and O–H groups in total. The van der Waals surface area contributed by atoms with Gasteiger partial charge in [-0.2, -0.15) is 0 Å². The molecule has 1 aromatic rings. The first kappa shape index (κ1) is 12.1. The van der Waals surface area contributed by atoms with Crippen LogP contribution in [0.5, 0.6) is 0 Å². The van der Waals surface area contributed by atoms with Gasteiger partial charge in [0.2, 0.25) is 0 Å². The predicted octanol–water partition coefficient (Wildman–Crippen LogP) is 2.67. The van der Waals surface area contributed by atoms with Crippen LogP contribution in [0.25, 0.3) is 0 Å². The minimum atomic E-state index is 0.214. The van der Waals surface area contributed by atoms with Crippen molar-refractivity contribution in [2.75, 3.05) is 18.5 Å². The maximum atomic E-state index is 5.82. The monoisotopic (exact) mass is 283 g/mol. The van der Waals surface area contributed by atoms with Crippen LogP contribution in [0.1, 0.15) is 24.2 Å². The summed E-state index contributed by atoms with van der Waals surface area (Å²) < 4.78 is 5.82. The Hall–Kier alpha value is -0.380. The van der Waals surface area contributed by atoms with Gasteiger partial charge in [-0.1, -0.05) is 40.2 Å². The fraction of sp³-hybridized carbons (Fsp3) is 0.538. The van der Waals surface area contributed by atoms with Crippen LogP contribution in [0.2, 0.25) is 0 Å². The molecule has 2 nitrogen and oxygen atoms in total. The summed E-state index contributed by atoms with van der Waals surface area (Å²) in [4.78, 5) is 0. The van der Waals surface area contributed by atoms with Gasteiger partial charge >= 0.3 is 0 Å². The summed E-state index contributed by atoms with van der Waals surface area (Å²) in [5.41, 5.74) is 2.79. The molecule has 0 saturated heterocycles. The van der Waals surface area contributed by atoms with E-state index in [1.807, 2.05) is 0 Å². The fourth-order valence-corrected chi connectivity index (χ4v) is 2.24. The van der Waals surface area contributed by atoms with E-state index in [1.54, 1.807) is 0 Å². The van der Waals surface area contributed by atoms with Gasteiger partial charge in [-0.3, -0.25) is 0 Å². The third kappa shape index (κ3) is 2.84. The maximum Gasteiger partial charge on any atom is 0.0952 e. The molecule has 0 fully saturated rings. The van der Waals surface area contributed by atoms with Crippen LogP contribution >= 0.6 is 15.9 Å². The van der Waals surface area contributed by atoms with Gasteiger partial charge in [0.1, 0.15) is 0 Å². The van der Waals surface area contributed by atoms with Crippen molar-refractivity contribution in [2.24, 2.45) is 0 Å². The van der Waals surface area contributed by atoms with Gasteiger partial charge in [-0.25, -0.2) is 0 Å². The summed E-state index contributed by atoms with van der Waals surface area (Å²) in [6.45, 7) is 3.90. The SMILES string of the molecule is CC(CBr)NCC1OCCc2ccccc21. The first-order valence-electron chi connectivity index (χ1n) is 5.80. The van der Waals surface area contributed by atoms with Gasteiger partial charge in [0, 0.05) is 17.9 Å². The zero-order chi connectivity index (χ0) is 11.4. The molecule has 1 aromatic carbocycles. The molecule has 88 valence electrons. The Morgan fingerprint density at radius 2 is 2.31 bits per heavy atom. The average molecular weight is 284 g/mol. The topological polar surface area (TPSA) is 21.3 Å². The quantitative estimate of drug-likeness (QED) is 0.858. The Morgan fingerprint density at radius 1 is 1.50 bits per heavy atom. The van der Waals surface area contributed by atoms with Gasteiger partial charge in [-0.05, 0) is 24.5 Å². The van der Waals surface area contributed by atoms with Crippen LogP contribution in [0.4, 0.5) is 0 Å². The molecule has 0 bridgehead atoms. The molecule has 16 heavy (non-hydrogen) atoms. The van der Waals surface area contributed by atoms with E-state index in [0.717, 1.165) is 24.9 Å². The normalized spacial score (nSPS) is 21.5. The van der Waals surface area contributed by atoms with E-state index in [1.165, 1.54) is 11.1 Å². The summed E-state index contributed by atoms with van der Waals surface area (Å²) >= 11 is 3.47. The second kappa shape index (κ2) is 5.80. The van der Waals surface area contributed by atoms with E-state index in [4.69, 9.17) is 4.74 Å². The number of fused-ring (bicyclic) bond motifs is 1. The number of hydrogen-bond acceptors (Lipinski definition) is 2. The Morgan fingerprint density at radius 3 is 3.12 bits per heavy atom. The Balaban J connectivity index is 2.01. The first-order chi connectivity index (χ1) is 7.81. The zero-order valence-corrected chi connectivity index (χ0v) is 11.2. The summed E-state index contributed by atoms with van der Waals surface area (Å²) in [5, 5.41) is 4.44. The number of benzene rings is 1. The molecule has 1 aliphatic rings. The van der Waals surface area contributed by atoms with E-state index in [-0.39, 0.29) is 6.10 Å². The van der Waals surface area contributed by atoms with Gasteiger partial charge in [-0.15, -0.1) is 0 Å². The lowest BCUT2D eigenvalue weighted by molar-refractivity contribution is 0.0414. The molecule has 2 rings (SSSR count). The molecule has 3 heteroatoms. The van der Waals surface area contributed by atoms with Crippen molar-refractivity contribution in [1.82, 2.24) is 5.32 Å². The molecule has 1 aliphatic heterocycles. The summed E-state index contributed by atoms with van der Waals surface area (Å²) in [6.07, 6.45) is 1.26. The summed E-state index contributed by atoms with van der Waals surface area (Å²) in [7, 11) is 0. The van der Waals surface area contributed by atoms with Crippen molar-refractivity contribution in [3.05, 3.63) is 35.4 Å². The number of ether oxygens (including phenoxy) is 1. The molecule has 0 aromatic heterocycles. The molecular weight excluding hydrogens is 266 g/mol. The Kier molecular flexibility index (Phi) is 4.38. The molecule has 2 atom stereocenters. The van der Waals surface area contributed by atoms with Crippen molar-refractivity contribution in [2.45, 2.75) is 25.5 Å². The second-order valence-electron chi connectivity index (χ2n) is 4.27. The number of alkyl halides is 1. The van der Waals surface area contributed by atoms with E-state index in [2.05, 4.69) is 52.4 Å². The van der Waals surface area contributed by atoms with Crippen LogP contribution in [-0.2, 0) is 11.2 Å². The lowest BCUT2D eigenvalue weighted by Crippen LogP contribution is -2.34. The van der Waals surface area contributed by atoms with Crippen molar-refractivity contribution in [3.63, 3.8) is 0 Å². The van der Waals surface area contributed by atoms with Crippen molar-refractivity contribution >= 4 is 15.9 Å². The highest BCUT2D eigenvalue weighted by molar-refractivity contribution is 9.09. The van der Waals surface area contributed by atoms with Crippen molar-refractivity contribution in [3.8, 4) is 0 Å². The maximum absolute atomic E-state index is 5.82. The van der Waals surface area contributed by atoms with Gasteiger partial charge in [0.05, 0.1) is 12.7 Å². The van der Waals surface area contributed by atoms with E-state index in [9.17, 15) is 0 Å². The molecular formula is C13H18BrNO. The van der Waals surface area contributed by atoms with Crippen LogP contribution in [-0.4, -0.2) is 24.5 Å². The molecule has 0 spiro atoms. The van der Waals surface area contributed by atoms with Gasteiger partial charge in [0.25, 0.3) is 0 Å². The molecule has 0 aliphatic carbocycles. The highest BCUT2D eigenvalue weighted by atomic mass is 79.9. The lowest BCUT2D eigenvalue weighted by Gasteiger charge is -2.27. The second-order valence-corrected chi connectivity index (χ2v) is 4.92. The smallest absolute Gasteiger partial charge is 0.0952 e. The molecule has 0 radical (unpaired) electrons. The van der Waals surface area contributed by atoms with Gasteiger partial charge < -0.3 is 10.1 Å². The first-order valence-corrected chi connectivity index (χ1v) is 6.92. The largest absolute Gasteiger partial charge is 0.372 e. The molecule has 2 unspecified atom stereocenters. The third-order valence-electron chi connectivity index (χ3n) is 2.98. The number of rotatable bonds is 4. The van der Waals surface area contributed by atoms with Crippen LogP contribution < -0.4 is 5.32 Å². The summed E-state index contributed by atoms with van der Waals surface area (Å²) in [5.74, 6) is 0. The van der Waals surface area contributed by atoms with Crippen LogP contribution in [0.3, 0.4) is 0 Å². The Labute approximate surface area is 106 Å². The van der Waals surface area contributed by atoms with Crippen molar-refractivity contribution < 1.29 is 4.74 Å². The van der Waals surface area contributed by atoms with E-state index < -0.39 is 0 Å². The van der Waals surface area contributed by atoms with E-state index >= 15 is 0 Å². The predicted molar refractivity (Wildman–Crippen MR) is 70.1 cm³/mol. The minimum Gasteiger partial charge on any atom is -0.372 e. The highest BCUT2D eigenvalue weighted by Gasteiger charge is 2.20. The lowest BCUT2D eigenvalue weighted by atomic mass is 9.97. The Bertz CT molecular complexity index is 342. The highest BCUT2D eigenvalue weighted by Crippen LogP contribution is 2.26. The number of nitrogens with one attached hydrogen (secondary N) is 1.